The van der Waals surface area contributed by atoms with Crippen molar-refractivity contribution >= 4 is 0 Å². The van der Waals surface area contributed by atoms with Gasteiger partial charge in [0.1, 0.15) is 23.4 Å². The topological polar surface area (TPSA) is 54.0 Å². The summed E-state index contributed by atoms with van der Waals surface area (Å²) in [4.78, 5) is 0. The van der Waals surface area contributed by atoms with E-state index in [1.165, 1.54) is 12.1 Å². The number of nitrogens with one attached hydrogen (secondary N) is 1. The maximum atomic E-state index is 13.2. The summed E-state index contributed by atoms with van der Waals surface area (Å²) in [5.41, 5.74) is 4.05. The molecule has 0 spiro atoms. The third kappa shape index (κ3) is 4.67. The van der Waals surface area contributed by atoms with E-state index in [1.54, 1.807) is 12.1 Å². The van der Waals surface area contributed by atoms with Crippen LogP contribution in [0.3, 0.4) is 0 Å². The first-order chi connectivity index (χ1) is 11.7. The highest BCUT2D eigenvalue weighted by Crippen LogP contribution is 2.18. The Balaban J connectivity index is 1.39. The van der Waals surface area contributed by atoms with Crippen LogP contribution in [0, 0.1) is 5.82 Å². The van der Waals surface area contributed by atoms with Crippen molar-refractivity contribution < 1.29 is 19.0 Å². The van der Waals surface area contributed by atoms with Crippen molar-refractivity contribution in [3.05, 3.63) is 59.9 Å². The van der Waals surface area contributed by atoms with E-state index in [-0.39, 0.29) is 18.5 Å². The van der Waals surface area contributed by atoms with Gasteiger partial charge in [-0.05, 0) is 36.2 Å². The molecule has 128 valence electrons. The van der Waals surface area contributed by atoms with Crippen molar-refractivity contribution in [1.82, 2.24) is 10.4 Å². The van der Waals surface area contributed by atoms with Crippen molar-refractivity contribution in [2.45, 2.75) is 19.1 Å². The standard InChI is InChI=1S/C18H21FN2O3/c19-15-2-1-3-17(10-15)24-18-8-9-21(11-18)20-13-23-16-6-4-14(12-22)5-7-16/h1-7,10,18,20,22H,8-9,11-13H2. The SMILES string of the molecule is OCc1ccc(OCNN2CCC(Oc3cccc(F)c3)C2)cc1. The minimum Gasteiger partial charge on any atom is -0.489 e. The van der Waals surface area contributed by atoms with Gasteiger partial charge in [0.25, 0.3) is 0 Å². The van der Waals surface area contributed by atoms with Crippen LogP contribution in [0.2, 0.25) is 0 Å². The fraction of sp³-hybridized carbons (Fsp3) is 0.333. The number of nitrogens with zero attached hydrogens (tertiary/aromatic N) is 1. The summed E-state index contributed by atoms with van der Waals surface area (Å²) in [6, 6.07) is 13.5. The van der Waals surface area contributed by atoms with Crippen molar-refractivity contribution in [2.24, 2.45) is 0 Å². The zero-order valence-electron chi connectivity index (χ0n) is 13.3. The molecule has 1 saturated heterocycles. The highest BCUT2D eigenvalue weighted by Gasteiger charge is 2.23. The molecule has 2 aromatic carbocycles. The lowest BCUT2D eigenvalue weighted by molar-refractivity contribution is 0.128. The molecule has 5 nitrogen and oxygen atoms in total. The molecular formula is C18H21FN2O3. The summed E-state index contributed by atoms with van der Waals surface area (Å²) in [6.07, 6.45) is 0.900. The van der Waals surface area contributed by atoms with E-state index < -0.39 is 0 Å². The van der Waals surface area contributed by atoms with Crippen LogP contribution in [0.4, 0.5) is 4.39 Å². The van der Waals surface area contributed by atoms with Crippen LogP contribution in [0.5, 0.6) is 11.5 Å². The predicted octanol–water partition coefficient (Wildman–Crippen LogP) is 2.31. The number of aliphatic hydroxyl groups excluding tert-OH is 1. The number of benzene rings is 2. The van der Waals surface area contributed by atoms with E-state index in [9.17, 15) is 4.39 Å². The molecule has 1 heterocycles. The highest BCUT2D eigenvalue weighted by molar-refractivity contribution is 5.26. The van der Waals surface area contributed by atoms with Crippen LogP contribution in [-0.4, -0.2) is 36.0 Å². The quantitative estimate of drug-likeness (QED) is 0.762. The van der Waals surface area contributed by atoms with Gasteiger partial charge in [0.05, 0.1) is 13.2 Å². The molecule has 1 atom stereocenters. The molecular weight excluding hydrogens is 311 g/mol. The van der Waals surface area contributed by atoms with Crippen LogP contribution in [0.15, 0.2) is 48.5 Å². The van der Waals surface area contributed by atoms with Gasteiger partial charge in [0.2, 0.25) is 0 Å². The fourth-order valence-corrected chi connectivity index (χ4v) is 2.60. The molecule has 0 bridgehead atoms. The molecule has 6 heteroatoms. The molecule has 1 unspecified atom stereocenters. The molecule has 2 aromatic rings. The van der Waals surface area contributed by atoms with Crippen molar-refractivity contribution in [3.8, 4) is 11.5 Å². The van der Waals surface area contributed by atoms with Crippen molar-refractivity contribution in [3.63, 3.8) is 0 Å². The second kappa shape index (κ2) is 8.10. The lowest BCUT2D eigenvalue weighted by Gasteiger charge is -2.18. The first-order valence-electron chi connectivity index (χ1n) is 7.96. The van der Waals surface area contributed by atoms with Gasteiger partial charge in [-0.15, -0.1) is 0 Å². The van der Waals surface area contributed by atoms with Crippen LogP contribution in [0.25, 0.3) is 0 Å². The lowest BCUT2D eigenvalue weighted by atomic mass is 10.2. The Kier molecular flexibility index (Phi) is 5.63. The van der Waals surface area contributed by atoms with Crippen LogP contribution in [0.1, 0.15) is 12.0 Å². The highest BCUT2D eigenvalue weighted by atomic mass is 19.1. The van der Waals surface area contributed by atoms with Gasteiger partial charge in [-0.3, -0.25) is 0 Å². The summed E-state index contributed by atoms with van der Waals surface area (Å²) < 4.78 is 24.6. The number of halogens is 1. The Morgan fingerprint density at radius 1 is 1.17 bits per heavy atom. The Hall–Kier alpha value is -2.15. The first kappa shape index (κ1) is 16.7. The normalized spacial score (nSPS) is 17.8. The number of rotatable bonds is 7. The van der Waals surface area contributed by atoms with Crippen LogP contribution in [-0.2, 0) is 6.61 Å². The Morgan fingerprint density at radius 3 is 2.75 bits per heavy atom. The number of hydrogen-bond donors (Lipinski definition) is 2. The van der Waals surface area contributed by atoms with Crippen LogP contribution < -0.4 is 14.9 Å². The second-order valence-corrected chi connectivity index (χ2v) is 5.68. The molecule has 2 N–H and O–H groups in total. The Bertz CT molecular complexity index is 651. The zero-order valence-corrected chi connectivity index (χ0v) is 13.3. The molecule has 0 saturated carbocycles. The molecule has 1 fully saturated rings. The Morgan fingerprint density at radius 2 is 2.00 bits per heavy atom. The minimum atomic E-state index is -0.291. The lowest BCUT2D eigenvalue weighted by Crippen LogP contribution is -2.39. The maximum absolute atomic E-state index is 13.2. The van der Waals surface area contributed by atoms with E-state index in [4.69, 9.17) is 14.6 Å². The smallest absolute Gasteiger partial charge is 0.152 e. The van der Waals surface area contributed by atoms with Gasteiger partial charge in [-0.25, -0.2) is 14.8 Å². The molecule has 3 rings (SSSR count). The van der Waals surface area contributed by atoms with E-state index in [1.807, 2.05) is 29.3 Å². The van der Waals surface area contributed by atoms with Gasteiger partial charge in [-0.1, -0.05) is 18.2 Å². The van der Waals surface area contributed by atoms with E-state index >= 15 is 0 Å². The van der Waals surface area contributed by atoms with Crippen molar-refractivity contribution in [2.75, 3.05) is 19.8 Å². The summed E-state index contributed by atoms with van der Waals surface area (Å²) in [6.45, 7) is 1.93. The fourth-order valence-electron chi connectivity index (χ4n) is 2.60. The molecule has 24 heavy (non-hydrogen) atoms. The Labute approximate surface area is 140 Å². The first-order valence-corrected chi connectivity index (χ1v) is 7.96. The van der Waals surface area contributed by atoms with Crippen LogP contribution >= 0.6 is 0 Å². The molecule has 1 aliphatic heterocycles. The van der Waals surface area contributed by atoms with Gasteiger partial charge in [-0.2, -0.15) is 0 Å². The molecule has 0 aromatic heterocycles. The van der Waals surface area contributed by atoms with Gasteiger partial charge < -0.3 is 14.6 Å². The number of hydrogen-bond acceptors (Lipinski definition) is 5. The third-order valence-electron chi connectivity index (χ3n) is 3.88. The van der Waals surface area contributed by atoms with Gasteiger partial charge in [0.15, 0.2) is 6.73 Å². The zero-order chi connectivity index (χ0) is 16.8. The second-order valence-electron chi connectivity index (χ2n) is 5.68. The van der Waals surface area contributed by atoms with E-state index in [0.717, 1.165) is 24.3 Å². The molecule has 1 aliphatic rings. The summed E-state index contributed by atoms with van der Waals surface area (Å²) in [7, 11) is 0. The summed E-state index contributed by atoms with van der Waals surface area (Å²) in [5.74, 6) is 1.01. The van der Waals surface area contributed by atoms with E-state index in [0.29, 0.717) is 19.0 Å². The third-order valence-corrected chi connectivity index (χ3v) is 3.88. The summed E-state index contributed by atoms with van der Waals surface area (Å²) in [5, 5.41) is 11.0. The number of hydrazine groups is 1. The maximum Gasteiger partial charge on any atom is 0.152 e. The molecule has 0 aliphatic carbocycles. The predicted molar refractivity (Wildman–Crippen MR) is 88.0 cm³/mol. The van der Waals surface area contributed by atoms with Gasteiger partial charge in [0, 0.05) is 12.6 Å². The average molecular weight is 332 g/mol. The van der Waals surface area contributed by atoms with Gasteiger partial charge >= 0.3 is 0 Å². The van der Waals surface area contributed by atoms with E-state index in [2.05, 4.69) is 5.43 Å². The largest absolute Gasteiger partial charge is 0.489 e. The number of aliphatic hydroxyl groups is 1. The molecule has 0 amide bonds. The number of ether oxygens (including phenoxy) is 2. The van der Waals surface area contributed by atoms with Crippen molar-refractivity contribution in [1.29, 1.82) is 0 Å². The minimum absolute atomic E-state index is 0.0268. The molecule has 0 radical (unpaired) electrons. The average Bonchev–Trinajstić information content (AvgIpc) is 3.03. The summed E-state index contributed by atoms with van der Waals surface area (Å²) >= 11 is 0. The monoisotopic (exact) mass is 332 g/mol.